The Hall–Kier alpha value is -0.660. The van der Waals surface area contributed by atoms with Crippen molar-refractivity contribution in [3.05, 3.63) is 44.5 Å². The number of benzene rings is 1. The molecule has 0 fully saturated rings. The fourth-order valence-corrected chi connectivity index (χ4v) is 2.21. The number of nitrogens with zero attached hydrogens (tertiary/aromatic N) is 3. The first-order chi connectivity index (χ1) is 8.50. The Morgan fingerprint density at radius 2 is 2.11 bits per heavy atom. The normalized spacial score (nSPS) is 13.0. The fraction of sp³-hybridized carbons (Fsp3) is 0.333. The highest BCUT2D eigenvalue weighted by atomic mass is 127. The summed E-state index contributed by atoms with van der Waals surface area (Å²) in [6.45, 7) is 3.98. The third kappa shape index (κ3) is 2.67. The molecule has 1 aromatic carbocycles. The molecule has 0 saturated heterocycles. The number of aliphatic hydroxyl groups is 1. The van der Waals surface area contributed by atoms with Gasteiger partial charge >= 0.3 is 0 Å². The van der Waals surface area contributed by atoms with Gasteiger partial charge < -0.3 is 5.11 Å². The Labute approximate surface area is 124 Å². The van der Waals surface area contributed by atoms with E-state index in [2.05, 4.69) is 32.7 Å². The average Bonchev–Trinajstić information content (AvgIpc) is 2.81. The van der Waals surface area contributed by atoms with Crippen molar-refractivity contribution in [1.29, 1.82) is 0 Å². The maximum absolute atomic E-state index is 10.3. The number of hydrogen-bond acceptors (Lipinski definition) is 3. The highest BCUT2D eigenvalue weighted by Crippen LogP contribution is 2.27. The lowest BCUT2D eigenvalue weighted by Crippen LogP contribution is -2.13. The Balaban J connectivity index is 2.38. The molecule has 1 N–H and O–H groups in total. The van der Waals surface area contributed by atoms with Gasteiger partial charge in [0.1, 0.15) is 12.4 Å². The van der Waals surface area contributed by atoms with Gasteiger partial charge in [-0.25, -0.2) is 9.67 Å². The summed E-state index contributed by atoms with van der Waals surface area (Å²) in [6.07, 6.45) is 0.636. The lowest BCUT2D eigenvalue weighted by Gasteiger charge is -2.15. The summed E-state index contributed by atoms with van der Waals surface area (Å²) in [7, 11) is 0. The van der Waals surface area contributed by atoms with E-state index in [1.54, 1.807) is 10.7 Å². The van der Waals surface area contributed by atoms with Crippen molar-refractivity contribution in [2.75, 3.05) is 0 Å². The molecule has 0 radical (unpaired) electrons. The Kier molecular flexibility index (Phi) is 4.24. The lowest BCUT2D eigenvalue weighted by molar-refractivity contribution is 0.200. The van der Waals surface area contributed by atoms with Crippen molar-refractivity contribution < 1.29 is 5.11 Å². The summed E-state index contributed by atoms with van der Waals surface area (Å²) in [5, 5.41) is 15.1. The molecule has 0 aliphatic rings. The van der Waals surface area contributed by atoms with Crippen LogP contribution >= 0.6 is 34.2 Å². The largest absolute Gasteiger partial charge is 0.380 e. The predicted molar refractivity (Wildman–Crippen MR) is 78.6 cm³/mol. The topological polar surface area (TPSA) is 50.9 Å². The van der Waals surface area contributed by atoms with Crippen LogP contribution in [-0.2, 0) is 0 Å². The Bertz CT molecular complexity index is 556. The van der Waals surface area contributed by atoms with Crippen LogP contribution in [0.1, 0.15) is 37.4 Å². The molecule has 0 saturated carbocycles. The number of halogens is 2. The van der Waals surface area contributed by atoms with Crippen molar-refractivity contribution >= 4 is 34.2 Å². The van der Waals surface area contributed by atoms with Crippen molar-refractivity contribution in [1.82, 2.24) is 14.8 Å². The van der Waals surface area contributed by atoms with Crippen molar-refractivity contribution in [3.63, 3.8) is 0 Å². The number of aliphatic hydroxyl groups excluding tert-OH is 1. The molecular formula is C12H13ClIN3O. The summed E-state index contributed by atoms with van der Waals surface area (Å²) in [5.74, 6) is 0.530. The second-order valence-corrected chi connectivity index (χ2v) is 5.80. The molecule has 2 aromatic rings. The third-order valence-electron chi connectivity index (χ3n) is 2.59. The van der Waals surface area contributed by atoms with Crippen LogP contribution in [0.4, 0.5) is 0 Å². The molecule has 96 valence electrons. The average molecular weight is 378 g/mol. The first kappa shape index (κ1) is 13.8. The van der Waals surface area contributed by atoms with E-state index in [-0.39, 0.29) is 6.04 Å². The van der Waals surface area contributed by atoms with Gasteiger partial charge in [0.15, 0.2) is 5.82 Å². The van der Waals surface area contributed by atoms with Gasteiger partial charge in [0.05, 0.1) is 5.02 Å². The molecule has 18 heavy (non-hydrogen) atoms. The first-order valence-corrected chi connectivity index (χ1v) is 6.98. The maximum Gasteiger partial charge on any atom is 0.160 e. The summed E-state index contributed by atoms with van der Waals surface area (Å²) in [4.78, 5) is 4.12. The molecule has 2 rings (SSSR count). The molecule has 0 aliphatic heterocycles. The second kappa shape index (κ2) is 5.54. The quantitative estimate of drug-likeness (QED) is 0.836. The minimum atomic E-state index is -0.815. The smallest absolute Gasteiger partial charge is 0.160 e. The van der Waals surface area contributed by atoms with Gasteiger partial charge in [-0.3, -0.25) is 0 Å². The lowest BCUT2D eigenvalue weighted by atomic mass is 10.1. The van der Waals surface area contributed by atoms with Crippen LogP contribution in [-0.4, -0.2) is 19.9 Å². The van der Waals surface area contributed by atoms with E-state index in [9.17, 15) is 5.11 Å². The minimum absolute atomic E-state index is 0.150. The van der Waals surface area contributed by atoms with Crippen molar-refractivity contribution in [3.8, 4) is 0 Å². The summed E-state index contributed by atoms with van der Waals surface area (Å²) >= 11 is 8.21. The molecule has 4 nitrogen and oxygen atoms in total. The van der Waals surface area contributed by atoms with E-state index in [1.807, 2.05) is 26.0 Å². The Morgan fingerprint density at radius 3 is 2.72 bits per heavy atom. The van der Waals surface area contributed by atoms with Crippen LogP contribution in [0.5, 0.6) is 0 Å². The standard InChI is InChI=1S/C12H13ClIN3O/c1-7(2)17-12(15-6-16-17)11(18)8-3-4-10(14)9(13)5-8/h3-7,11,18H,1-2H3. The third-order valence-corrected chi connectivity index (χ3v) is 4.17. The van der Waals surface area contributed by atoms with E-state index in [4.69, 9.17) is 11.6 Å². The number of rotatable bonds is 3. The second-order valence-electron chi connectivity index (χ2n) is 4.23. The van der Waals surface area contributed by atoms with Gasteiger partial charge in [0, 0.05) is 9.61 Å². The van der Waals surface area contributed by atoms with Crippen LogP contribution < -0.4 is 0 Å². The van der Waals surface area contributed by atoms with Gasteiger partial charge in [-0.2, -0.15) is 5.10 Å². The van der Waals surface area contributed by atoms with Gasteiger partial charge in [-0.05, 0) is 54.1 Å². The van der Waals surface area contributed by atoms with E-state index in [0.29, 0.717) is 10.8 Å². The van der Waals surface area contributed by atoms with Crippen LogP contribution in [0.3, 0.4) is 0 Å². The van der Waals surface area contributed by atoms with Crippen LogP contribution in [0.15, 0.2) is 24.5 Å². The highest BCUT2D eigenvalue weighted by molar-refractivity contribution is 14.1. The van der Waals surface area contributed by atoms with Gasteiger partial charge in [-0.1, -0.05) is 17.7 Å². The van der Waals surface area contributed by atoms with Crippen molar-refractivity contribution in [2.45, 2.75) is 26.0 Å². The van der Waals surface area contributed by atoms with Gasteiger partial charge in [-0.15, -0.1) is 0 Å². The molecule has 0 amide bonds. The molecule has 1 unspecified atom stereocenters. The van der Waals surface area contributed by atoms with Crippen molar-refractivity contribution in [2.24, 2.45) is 0 Å². The van der Waals surface area contributed by atoms with Crippen LogP contribution in [0.25, 0.3) is 0 Å². The Morgan fingerprint density at radius 1 is 1.39 bits per heavy atom. The summed E-state index contributed by atoms with van der Waals surface area (Å²) in [5.41, 5.74) is 0.718. The molecule has 1 atom stereocenters. The maximum atomic E-state index is 10.3. The molecule has 6 heteroatoms. The first-order valence-electron chi connectivity index (χ1n) is 5.53. The summed E-state index contributed by atoms with van der Waals surface area (Å²) in [6, 6.07) is 5.62. The SMILES string of the molecule is CC(C)n1ncnc1C(O)c1ccc(I)c(Cl)c1. The number of hydrogen-bond donors (Lipinski definition) is 1. The minimum Gasteiger partial charge on any atom is -0.380 e. The summed E-state index contributed by atoms with van der Waals surface area (Å²) < 4.78 is 2.66. The zero-order chi connectivity index (χ0) is 13.3. The fourth-order valence-electron chi connectivity index (χ4n) is 1.68. The highest BCUT2D eigenvalue weighted by Gasteiger charge is 2.19. The van der Waals surface area contributed by atoms with Gasteiger partial charge in [0.2, 0.25) is 0 Å². The molecular weight excluding hydrogens is 365 g/mol. The molecule has 1 heterocycles. The van der Waals surface area contributed by atoms with E-state index in [1.165, 1.54) is 6.33 Å². The number of aromatic nitrogens is 3. The van der Waals surface area contributed by atoms with Gasteiger partial charge in [0.25, 0.3) is 0 Å². The molecule has 0 aliphatic carbocycles. The van der Waals surface area contributed by atoms with E-state index in [0.717, 1.165) is 9.13 Å². The monoisotopic (exact) mass is 377 g/mol. The van der Waals surface area contributed by atoms with E-state index >= 15 is 0 Å². The zero-order valence-electron chi connectivity index (χ0n) is 10.0. The van der Waals surface area contributed by atoms with Crippen LogP contribution in [0.2, 0.25) is 5.02 Å². The predicted octanol–water partition coefficient (Wildman–Crippen LogP) is 3.20. The van der Waals surface area contributed by atoms with Crippen LogP contribution in [0, 0.1) is 3.57 Å². The zero-order valence-corrected chi connectivity index (χ0v) is 12.9. The molecule has 1 aromatic heterocycles. The molecule has 0 bridgehead atoms. The molecule has 0 spiro atoms. The van der Waals surface area contributed by atoms with E-state index < -0.39 is 6.10 Å².